The summed E-state index contributed by atoms with van der Waals surface area (Å²) in [5, 5.41) is 0. The van der Waals surface area contributed by atoms with Gasteiger partial charge in [0.05, 0.1) is 20.5 Å². The van der Waals surface area contributed by atoms with Gasteiger partial charge in [0.2, 0.25) is 0 Å². The van der Waals surface area contributed by atoms with Gasteiger partial charge in [-0.1, -0.05) is 60.7 Å². The first kappa shape index (κ1) is 36.7. The third-order valence-electron chi connectivity index (χ3n) is 3.85. The lowest BCUT2D eigenvalue weighted by molar-refractivity contribution is -0.671. The van der Waals surface area contributed by atoms with Gasteiger partial charge >= 0.3 is 5.97 Å². The summed E-state index contributed by atoms with van der Waals surface area (Å²) in [5.41, 5.74) is 18.5. The minimum Gasteiger partial charge on any atom is -0.469 e. The molecule has 4 rings (SSSR count). The van der Waals surface area contributed by atoms with Crippen LogP contribution in [0, 0.1) is 0 Å². The molecule has 0 spiro atoms. The molecule has 1 aromatic heterocycles. The number of nitrogens with two attached hydrogens (primary N) is 3. The Hall–Kier alpha value is -4.41. The molecule has 10 heteroatoms. The van der Waals surface area contributed by atoms with Crippen LogP contribution in [0.15, 0.2) is 122 Å². The van der Waals surface area contributed by atoms with Crippen LogP contribution in [-0.2, 0) is 30.9 Å². The second-order valence-corrected chi connectivity index (χ2v) is 9.08. The fraction of sp³-hybridized carbons (Fsp3) is 0.172. The first-order chi connectivity index (χ1) is 18.4. The molecule has 4 aromatic rings. The predicted octanol–water partition coefficient (Wildman–Crippen LogP) is 4.09. The number of hydrogen-bond donors (Lipinski definition) is 3. The summed E-state index contributed by atoms with van der Waals surface area (Å²) in [6.45, 7) is 1.36. The van der Waals surface area contributed by atoms with Crippen LogP contribution in [0.1, 0.15) is 6.92 Å². The van der Waals surface area contributed by atoms with Crippen molar-refractivity contribution in [2.45, 2.75) is 6.92 Å². The first-order valence-electron chi connectivity index (χ1n) is 11.5. The summed E-state index contributed by atoms with van der Waals surface area (Å²) in [6.07, 6.45) is 4.99. The number of nitrogen functional groups attached to an aromatic ring is 3. The number of nitrogens with zero attached hydrogens (tertiary/aromatic N) is 1. The average Bonchev–Trinajstić information content (AvgIpc) is 2.92. The van der Waals surface area contributed by atoms with Gasteiger partial charge in [-0.25, -0.2) is 4.57 Å². The molecule has 0 aliphatic rings. The molecule has 0 radical (unpaired) electrons. The van der Waals surface area contributed by atoms with E-state index in [1.165, 1.54) is 14.0 Å². The Balaban J connectivity index is 0. The van der Waals surface area contributed by atoms with Crippen molar-refractivity contribution < 1.29 is 26.7 Å². The van der Waals surface area contributed by atoms with E-state index in [1.54, 1.807) is 0 Å². The molecular weight excluding hydrogens is 516 g/mol. The molecule has 0 atom stereocenters. The van der Waals surface area contributed by atoms with Crippen LogP contribution < -0.4 is 21.8 Å². The molecule has 3 aromatic carbocycles. The van der Waals surface area contributed by atoms with E-state index in [1.807, 2.05) is 133 Å². The Bertz CT molecular complexity index is 1050. The van der Waals surface area contributed by atoms with Gasteiger partial charge < -0.3 is 21.9 Å². The van der Waals surface area contributed by atoms with Crippen LogP contribution in [0.3, 0.4) is 0 Å². The molecular formula is C29H41N4O5S+. The number of esters is 1. The highest BCUT2D eigenvalue weighted by Gasteiger charge is 1.90. The number of rotatable bonds is 1. The van der Waals surface area contributed by atoms with E-state index < -0.39 is 10.1 Å². The molecule has 9 nitrogen and oxygen atoms in total. The number of aromatic nitrogens is 1. The van der Waals surface area contributed by atoms with Gasteiger partial charge in [-0.2, -0.15) is 8.42 Å². The second-order valence-electron chi connectivity index (χ2n) is 7.34. The smallest absolute Gasteiger partial charge is 0.302 e. The molecule has 1 heterocycles. The molecule has 0 aliphatic heterocycles. The van der Waals surface area contributed by atoms with Crippen LogP contribution >= 0.6 is 0 Å². The SMILES string of the molecule is COC(C)=O.COS(C)(=O)=O.C[n+]1ccccc1.Nc1ccccc1.Nc1ccccc1.Nc1ccccc1. The maximum absolute atomic E-state index is 9.78. The van der Waals surface area contributed by atoms with Crippen molar-refractivity contribution >= 4 is 33.1 Å². The van der Waals surface area contributed by atoms with E-state index in [4.69, 9.17) is 17.2 Å². The summed E-state index contributed by atoms with van der Waals surface area (Å²) in [4.78, 5) is 9.59. The van der Waals surface area contributed by atoms with Crippen LogP contribution in [-0.4, -0.2) is 34.9 Å². The highest BCUT2D eigenvalue weighted by Crippen LogP contribution is 1.97. The summed E-state index contributed by atoms with van der Waals surface area (Å²) in [5.74, 6) is -0.245. The lowest BCUT2D eigenvalue weighted by Gasteiger charge is -1.84. The molecule has 0 saturated carbocycles. The van der Waals surface area contributed by atoms with E-state index in [0.717, 1.165) is 30.4 Å². The molecule has 212 valence electrons. The number of hydrogen-bond acceptors (Lipinski definition) is 8. The summed E-state index contributed by atoms with van der Waals surface area (Å²) >= 11 is 0. The highest BCUT2D eigenvalue weighted by molar-refractivity contribution is 7.85. The highest BCUT2D eigenvalue weighted by atomic mass is 32.2. The molecule has 0 amide bonds. The fourth-order valence-corrected chi connectivity index (χ4v) is 1.84. The summed E-state index contributed by atoms with van der Waals surface area (Å²) < 4.78 is 29.6. The number of para-hydroxylation sites is 3. The molecule has 6 N–H and O–H groups in total. The number of carbonyl (C=O) groups excluding carboxylic acids is 1. The first-order valence-corrected chi connectivity index (χ1v) is 13.3. The summed E-state index contributed by atoms with van der Waals surface area (Å²) in [6, 6.07) is 34.5. The van der Waals surface area contributed by atoms with Crippen molar-refractivity contribution in [1.82, 2.24) is 0 Å². The van der Waals surface area contributed by atoms with Gasteiger partial charge in [-0.05, 0) is 36.4 Å². The molecule has 39 heavy (non-hydrogen) atoms. The van der Waals surface area contributed by atoms with Gasteiger partial charge in [0.25, 0.3) is 10.1 Å². The third-order valence-corrected chi connectivity index (χ3v) is 4.46. The number of carbonyl (C=O) groups is 1. The van der Waals surface area contributed by atoms with E-state index in [2.05, 4.69) is 8.92 Å². The monoisotopic (exact) mass is 557 g/mol. The predicted molar refractivity (Wildman–Crippen MR) is 160 cm³/mol. The molecule has 0 unspecified atom stereocenters. The molecule has 0 fully saturated rings. The summed E-state index contributed by atoms with van der Waals surface area (Å²) in [7, 11) is 1.31. The largest absolute Gasteiger partial charge is 0.469 e. The Labute approximate surface area is 232 Å². The number of benzene rings is 3. The van der Waals surface area contributed by atoms with E-state index in [-0.39, 0.29) is 5.97 Å². The van der Waals surface area contributed by atoms with Crippen LogP contribution in [0.2, 0.25) is 0 Å². The van der Waals surface area contributed by atoms with Gasteiger partial charge in [0.15, 0.2) is 12.4 Å². The zero-order chi connectivity index (χ0) is 29.9. The van der Waals surface area contributed by atoms with Gasteiger partial charge in [0, 0.05) is 36.1 Å². The molecule has 0 saturated heterocycles. The fourth-order valence-electron chi connectivity index (χ4n) is 1.84. The maximum atomic E-state index is 9.78. The lowest BCUT2D eigenvalue weighted by Crippen LogP contribution is -2.25. The van der Waals surface area contributed by atoms with Crippen LogP contribution in [0.5, 0.6) is 0 Å². The Morgan fingerprint density at radius 2 is 0.872 bits per heavy atom. The van der Waals surface area contributed by atoms with Crippen LogP contribution in [0.4, 0.5) is 17.1 Å². The topological polar surface area (TPSA) is 152 Å². The van der Waals surface area contributed by atoms with E-state index in [9.17, 15) is 13.2 Å². The number of anilines is 3. The van der Waals surface area contributed by atoms with Crippen molar-refractivity contribution in [2.75, 3.05) is 37.7 Å². The average molecular weight is 558 g/mol. The minimum atomic E-state index is -3.16. The number of aryl methyl sites for hydroxylation is 1. The third kappa shape index (κ3) is 31.6. The zero-order valence-electron chi connectivity index (χ0n) is 23.2. The van der Waals surface area contributed by atoms with Gasteiger partial charge in [0.1, 0.15) is 7.05 Å². The standard InChI is InChI=1S/C6H8N.3C6H7N.C3H6O2.C2H6O3S/c1-7-5-3-2-4-6-7;3*7-6-4-2-1-3-5-6;1-3(4)5-2;1-5-6(2,3)4/h2-6H,1H3;3*1-5H,7H2;1-2H3;1-2H3/q+1;;;;;. The van der Waals surface area contributed by atoms with Gasteiger partial charge in [-0.3, -0.25) is 8.98 Å². The van der Waals surface area contributed by atoms with E-state index >= 15 is 0 Å². The van der Waals surface area contributed by atoms with Crippen LogP contribution in [0.25, 0.3) is 0 Å². The Kier molecular flexibility index (Phi) is 22.6. The zero-order valence-corrected chi connectivity index (χ0v) is 24.0. The molecule has 0 bridgehead atoms. The van der Waals surface area contributed by atoms with Crippen molar-refractivity contribution in [3.63, 3.8) is 0 Å². The quantitative estimate of drug-likeness (QED) is 0.137. The van der Waals surface area contributed by atoms with Crippen molar-refractivity contribution in [1.29, 1.82) is 0 Å². The van der Waals surface area contributed by atoms with Crippen molar-refractivity contribution in [3.8, 4) is 0 Å². The van der Waals surface area contributed by atoms with Crippen molar-refractivity contribution in [2.24, 2.45) is 7.05 Å². The Morgan fingerprint density at radius 1 is 0.641 bits per heavy atom. The molecule has 0 aliphatic carbocycles. The van der Waals surface area contributed by atoms with Crippen molar-refractivity contribution in [3.05, 3.63) is 122 Å². The Morgan fingerprint density at radius 3 is 0.974 bits per heavy atom. The number of ether oxygens (including phenoxy) is 1. The van der Waals surface area contributed by atoms with Gasteiger partial charge in [-0.15, -0.1) is 0 Å². The maximum Gasteiger partial charge on any atom is 0.302 e. The normalized spacial score (nSPS) is 8.85. The second kappa shape index (κ2) is 24.0. The number of pyridine rings is 1. The van der Waals surface area contributed by atoms with E-state index in [0.29, 0.717) is 0 Å². The number of methoxy groups -OCH3 is 1. The minimum absolute atomic E-state index is 0.245. The lowest BCUT2D eigenvalue weighted by atomic mass is 10.3.